The van der Waals surface area contributed by atoms with Gasteiger partial charge in [0.2, 0.25) is 5.91 Å². The third-order valence-corrected chi connectivity index (χ3v) is 5.39. The molecule has 1 aliphatic carbocycles. The molecule has 0 aromatic heterocycles. The first-order valence-corrected chi connectivity index (χ1v) is 8.52. The molecular weight excluding hydrogens is 353 g/mol. The Bertz CT molecular complexity index is 581. The van der Waals surface area contributed by atoms with Gasteiger partial charge in [-0.05, 0) is 24.8 Å². The summed E-state index contributed by atoms with van der Waals surface area (Å²) in [5.41, 5.74) is 7.27. The number of nitrogens with two attached hydrogens (primary N) is 1. The first-order valence-electron chi connectivity index (χ1n) is 8.52. The van der Waals surface area contributed by atoms with Crippen molar-refractivity contribution < 1.29 is 18.0 Å². The van der Waals surface area contributed by atoms with Crippen LogP contribution in [0.1, 0.15) is 37.2 Å². The van der Waals surface area contributed by atoms with Gasteiger partial charge in [0, 0.05) is 31.0 Å². The number of hydrogen-bond acceptors (Lipinski definition) is 2. The van der Waals surface area contributed by atoms with Crippen molar-refractivity contribution in [3.05, 3.63) is 35.9 Å². The van der Waals surface area contributed by atoms with Gasteiger partial charge >= 0.3 is 6.18 Å². The van der Waals surface area contributed by atoms with Crippen LogP contribution in [-0.2, 0) is 4.79 Å². The third-order valence-electron chi connectivity index (χ3n) is 5.39. The van der Waals surface area contributed by atoms with Crippen molar-refractivity contribution in [2.24, 2.45) is 17.6 Å². The first-order chi connectivity index (χ1) is 11.4. The minimum absolute atomic E-state index is 0. The van der Waals surface area contributed by atoms with Crippen molar-refractivity contribution in [2.75, 3.05) is 13.1 Å². The van der Waals surface area contributed by atoms with Gasteiger partial charge in [-0.2, -0.15) is 13.2 Å². The standard InChI is InChI=1S/C18H23F3N2O.ClH/c19-18(20,21)14-8-4-7-13(9-14)17(24)23-10-15(16(22)11-23)12-5-2-1-3-6-12;/h1-3,5-6,13-16H,4,7-11,22H2;1H/t13?,14?,15-,16+;/m0./s1. The Morgan fingerprint density at radius 1 is 1.12 bits per heavy atom. The summed E-state index contributed by atoms with van der Waals surface area (Å²) >= 11 is 0. The zero-order valence-corrected chi connectivity index (χ0v) is 14.7. The largest absolute Gasteiger partial charge is 0.391 e. The minimum Gasteiger partial charge on any atom is -0.340 e. The number of hydrogen-bond donors (Lipinski definition) is 1. The van der Waals surface area contributed by atoms with E-state index in [0.29, 0.717) is 25.9 Å². The van der Waals surface area contributed by atoms with Crippen LogP contribution < -0.4 is 5.73 Å². The molecule has 0 radical (unpaired) electrons. The molecule has 0 spiro atoms. The van der Waals surface area contributed by atoms with Crippen LogP contribution in [0.15, 0.2) is 30.3 Å². The molecule has 7 heteroatoms. The predicted octanol–water partition coefficient (Wildman–Crippen LogP) is 3.73. The molecular formula is C18H24ClF3N2O. The summed E-state index contributed by atoms with van der Waals surface area (Å²) in [6.07, 6.45) is -3.13. The fourth-order valence-electron chi connectivity index (χ4n) is 4.03. The van der Waals surface area contributed by atoms with Gasteiger partial charge in [0.25, 0.3) is 0 Å². The molecule has 4 atom stereocenters. The van der Waals surface area contributed by atoms with E-state index in [-0.39, 0.29) is 43.1 Å². The van der Waals surface area contributed by atoms with E-state index >= 15 is 0 Å². The Labute approximate surface area is 152 Å². The molecule has 1 aliphatic heterocycles. The SMILES string of the molecule is Cl.N[C@@H]1CN(C(=O)C2CCCC(C(F)(F)F)C2)C[C@H]1c1ccccc1. The highest BCUT2D eigenvalue weighted by Gasteiger charge is 2.45. The van der Waals surface area contributed by atoms with Gasteiger partial charge in [0.15, 0.2) is 0 Å². The molecule has 3 rings (SSSR count). The minimum atomic E-state index is -4.20. The van der Waals surface area contributed by atoms with Crippen LogP contribution >= 0.6 is 12.4 Å². The average molecular weight is 377 g/mol. The fraction of sp³-hybridized carbons (Fsp3) is 0.611. The van der Waals surface area contributed by atoms with E-state index in [2.05, 4.69) is 0 Å². The van der Waals surface area contributed by atoms with Crippen molar-refractivity contribution in [3.8, 4) is 0 Å². The van der Waals surface area contributed by atoms with Gasteiger partial charge in [-0.15, -0.1) is 12.4 Å². The zero-order chi connectivity index (χ0) is 17.3. The van der Waals surface area contributed by atoms with Crippen molar-refractivity contribution in [1.29, 1.82) is 0 Å². The van der Waals surface area contributed by atoms with Crippen molar-refractivity contribution in [1.82, 2.24) is 4.90 Å². The van der Waals surface area contributed by atoms with E-state index in [0.717, 1.165) is 5.56 Å². The van der Waals surface area contributed by atoms with Crippen LogP contribution in [0, 0.1) is 11.8 Å². The van der Waals surface area contributed by atoms with Gasteiger partial charge < -0.3 is 10.6 Å². The van der Waals surface area contributed by atoms with E-state index in [9.17, 15) is 18.0 Å². The molecule has 140 valence electrons. The fourth-order valence-corrected chi connectivity index (χ4v) is 4.03. The van der Waals surface area contributed by atoms with E-state index in [1.807, 2.05) is 30.3 Å². The Morgan fingerprint density at radius 2 is 1.80 bits per heavy atom. The van der Waals surface area contributed by atoms with Gasteiger partial charge in [0.1, 0.15) is 0 Å². The summed E-state index contributed by atoms with van der Waals surface area (Å²) < 4.78 is 38.9. The second kappa shape index (κ2) is 7.96. The zero-order valence-electron chi connectivity index (χ0n) is 13.9. The van der Waals surface area contributed by atoms with Crippen LogP contribution in [0.3, 0.4) is 0 Å². The lowest BCUT2D eigenvalue weighted by Crippen LogP contribution is -2.40. The van der Waals surface area contributed by atoms with Gasteiger partial charge in [0.05, 0.1) is 5.92 Å². The number of halogens is 4. The number of carbonyl (C=O) groups is 1. The molecule has 3 nitrogen and oxygen atoms in total. The number of nitrogens with zero attached hydrogens (tertiary/aromatic N) is 1. The number of alkyl halides is 3. The topological polar surface area (TPSA) is 46.3 Å². The van der Waals surface area contributed by atoms with Gasteiger partial charge in [-0.1, -0.05) is 36.8 Å². The Morgan fingerprint density at radius 3 is 2.44 bits per heavy atom. The maximum atomic E-state index is 13.0. The maximum absolute atomic E-state index is 13.0. The normalized spacial score (nSPS) is 30.0. The second-order valence-corrected chi connectivity index (χ2v) is 7.03. The number of amides is 1. The highest BCUT2D eigenvalue weighted by atomic mass is 35.5. The van der Waals surface area contributed by atoms with Crippen molar-refractivity contribution in [2.45, 2.75) is 43.8 Å². The van der Waals surface area contributed by atoms with Crippen LogP contribution in [0.4, 0.5) is 13.2 Å². The van der Waals surface area contributed by atoms with E-state index in [1.165, 1.54) is 0 Å². The predicted molar refractivity (Wildman–Crippen MR) is 92.5 cm³/mol. The van der Waals surface area contributed by atoms with Gasteiger partial charge in [-0.3, -0.25) is 4.79 Å². The first kappa shape index (κ1) is 20.0. The number of likely N-dealkylation sites (tertiary alicyclic amines) is 1. The third kappa shape index (κ3) is 4.47. The van der Waals surface area contributed by atoms with Crippen LogP contribution in [-0.4, -0.2) is 36.1 Å². The summed E-state index contributed by atoms with van der Waals surface area (Å²) in [5.74, 6) is -1.97. The monoisotopic (exact) mass is 376 g/mol. The molecule has 1 aromatic rings. The van der Waals surface area contributed by atoms with E-state index in [1.54, 1.807) is 4.90 Å². The Balaban J connectivity index is 0.00000225. The maximum Gasteiger partial charge on any atom is 0.391 e. The molecule has 2 aliphatic rings. The lowest BCUT2D eigenvalue weighted by atomic mass is 9.80. The number of benzene rings is 1. The smallest absolute Gasteiger partial charge is 0.340 e. The van der Waals surface area contributed by atoms with E-state index in [4.69, 9.17) is 5.73 Å². The Kier molecular flexibility index (Phi) is 6.38. The summed E-state index contributed by atoms with van der Waals surface area (Å²) in [5, 5.41) is 0. The molecule has 1 saturated heterocycles. The molecule has 1 saturated carbocycles. The summed E-state index contributed by atoms with van der Waals surface area (Å²) in [7, 11) is 0. The Hall–Kier alpha value is -1.27. The lowest BCUT2D eigenvalue weighted by Gasteiger charge is -2.32. The molecule has 2 unspecified atom stereocenters. The lowest BCUT2D eigenvalue weighted by molar-refractivity contribution is -0.187. The molecule has 25 heavy (non-hydrogen) atoms. The molecule has 2 N–H and O–H groups in total. The summed E-state index contributed by atoms with van der Waals surface area (Å²) in [6.45, 7) is 0.919. The quantitative estimate of drug-likeness (QED) is 0.854. The van der Waals surface area contributed by atoms with Crippen LogP contribution in [0.25, 0.3) is 0 Å². The molecule has 1 heterocycles. The molecule has 0 bridgehead atoms. The summed E-state index contributed by atoms with van der Waals surface area (Å²) in [4.78, 5) is 14.4. The summed E-state index contributed by atoms with van der Waals surface area (Å²) in [6, 6.07) is 9.59. The van der Waals surface area contributed by atoms with E-state index < -0.39 is 18.0 Å². The molecule has 1 amide bonds. The highest BCUT2D eigenvalue weighted by molar-refractivity contribution is 5.85. The molecule has 1 aromatic carbocycles. The number of carbonyl (C=O) groups excluding carboxylic acids is 1. The van der Waals surface area contributed by atoms with Gasteiger partial charge in [-0.25, -0.2) is 0 Å². The highest BCUT2D eigenvalue weighted by Crippen LogP contribution is 2.41. The number of rotatable bonds is 2. The van der Waals surface area contributed by atoms with Crippen molar-refractivity contribution >= 4 is 18.3 Å². The molecule has 2 fully saturated rings. The second-order valence-electron chi connectivity index (χ2n) is 7.03. The van der Waals surface area contributed by atoms with Crippen LogP contribution in [0.2, 0.25) is 0 Å². The average Bonchev–Trinajstić information content (AvgIpc) is 2.96. The van der Waals surface area contributed by atoms with Crippen LogP contribution in [0.5, 0.6) is 0 Å². The van der Waals surface area contributed by atoms with Crippen molar-refractivity contribution in [3.63, 3.8) is 0 Å².